The van der Waals surface area contributed by atoms with Gasteiger partial charge < -0.3 is 9.84 Å². The van der Waals surface area contributed by atoms with E-state index >= 15 is 0 Å². The topological polar surface area (TPSA) is 29.5 Å². The van der Waals surface area contributed by atoms with E-state index in [4.69, 9.17) is 9.84 Å². The zero-order valence-electron chi connectivity index (χ0n) is 15.7. The maximum Gasteiger partial charge on any atom is 0.0487 e. The maximum atomic E-state index is 8.63. The number of allylic oxidation sites excluding steroid dienone is 2. The fourth-order valence-electron chi connectivity index (χ4n) is 2.72. The van der Waals surface area contributed by atoms with Crippen LogP contribution >= 0.6 is 0 Å². The Morgan fingerprint density at radius 3 is 1.65 bits per heavy atom. The fourth-order valence-corrected chi connectivity index (χ4v) is 2.72. The summed E-state index contributed by atoms with van der Waals surface area (Å²) in [7, 11) is 0. The minimum atomic E-state index is 0.243. The van der Waals surface area contributed by atoms with Gasteiger partial charge in [0.1, 0.15) is 0 Å². The molecule has 2 nitrogen and oxygen atoms in total. The highest BCUT2D eigenvalue weighted by Gasteiger charge is 1.92. The number of rotatable bonds is 19. The van der Waals surface area contributed by atoms with Crippen LogP contribution in [0.1, 0.15) is 103 Å². The summed E-state index contributed by atoms with van der Waals surface area (Å²) in [5.74, 6) is 0. The predicted octanol–water partition coefficient (Wildman–Crippen LogP) is 6.42. The minimum Gasteiger partial charge on any atom is -0.396 e. The third kappa shape index (κ3) is 21.7. The largest absolute Gasteiger partial charge is 0.396 e. The van der Waals surface area contributed by atoms with Crippen molar-refractivity contribution >= 4 is 0 Å². The van der Waals surface area contributed by atoms with Crippen molar-refractivity contribution in [3.63, 3.8) is 0 Å². The van der Waals surface area contributed by atoms with Gasteiger partial charge in [-0.25, -0.2) is 0 Å². The third-order valence-corrected chi connectivity index (χ3v) is 4.25. The predicted molar refractivity (Wildman–Crippen MR) is 102 cm³/mol. The number of hydrogen-bond donors (Lipinski definition) is 1. The molecule has 0 saturated heterocycles. The number of aliphatic hydroxyl groups is 1. The number of aliphatic hydroxyl groups excluding tert-OH is 1. The Bertz CT molecular complexity index is 226. The summed E-state index contributed by atoms with van der Waals surface area (Å²) in [5, 5.41) is 8.63. The van der Waals surface area contributed by atoms with Crippen molar-refractivity contribution in [3.05, 3.63) is 12.2 Å². The molecule has 0 aliphatic rings. The Morgan fingerprint density at radius 2 is 1.09 bits per heavy atom. The van der Waals surface area contributed by atoms with Gasteiger partial charge in [0.2, 0.25) is 0 Å². The minimum absolute atomic E-state index is 0.243. The van der Waals surface area contributed by atoms with Gasteiger partial charge in [-0.1, -0.05) is 76.9 Å². The lowest BCUT2D eigenvalue weighted by Crippen LogP contribution is -1.98. The van der Waals surface area contributed by atoms with Crippen LogP contribution in [0.3, 0.4) is 0 Å². The summed E-state index contributed by atoms with van der Waals surface area (Å²) in [6.07, 6.45) is 24.4. The van der Waals surface area contributed by atoms with E-state index in [-0.39, 0.29) is 6.61 Å². The van der Waals surface area contributed by atoms with Crippen molar-refractivity contribution in [2.75, 3.05) is 19.8 Å². The average molecular weight is 327 g/mol. The summed E-state index contributed by atoms with van der Waals surface area (Å²) in [6, 6.07) is 0. The van der Waals surface area contributed by atoms with Crippen LogP contribution in [0.25, 0.3) is 0 Å². The first kappa shape index (κ1) is 22.7. The molecule has 2 heteroatoms. The first-order chi connectivity index (χ1) is 11.4. The zero-order chi connectivity index (χ0) is 16.8. The molecular weight excluding hydrogens is 284 g/mol. The standard InChI is InChI=1S/C21H42O2/c1-2-3-4-5-6-7-8-9-10-11-12-13-14-15-16-17-20-23-21-18-19-22/h9-10,22H,2-8,11-21H2,1H3/b10-9+. The fraction of sp³-hybridized carbons (Fsp3) is 0.905. The Morgan fingerprint density at radius 1 is 0.609 bits per heavy atom. The lowest BCUT2D eigenvalue weighted by molar-refractivity contribution is 0.112. The molecule has 0 unspecified atom stereocenters. The lowest BCUT2D eigenvalue weighted by atomic mass is 10.1. The van der Waals surface area contributed by atoms with E-state index in [1.807, 2.05) is 0 Å². The van der Waals surface area contributed by atoms with E-state index in [1.54, 1.807) is 0 Å². The number of ether oxygens (including phenoxy) is 1. The molecule has 0 aliphatic carbocycles. The van der Waals surface area contributed by atoms with Gasteiger partial charge in [-0.15, -0.1) is 0 Å². The van der Waals surface area contributed by atoms with Gasteiger partial charge in [-0.05, 0) is 38.5 Å². The Kier molecular flexibility index (Phi) is 21.3. The van der Waals surface area contributed by atoms with Gasteiger partial charge in [0, 0.05) is 19.8 Å². The van der Waals surface area contributed by atoms with Gasteiger partial charge in [0.25, 0.3) is 0 Å². The summed E-state index contributed by atoms with van der Waals surface area (Å²) < 4.78 is 5.42. The molecule has 0 aliphatic heterocycles. The molecule has 0 spiro atoms. The van der Waals surface area contributed by atoms with Crippen LogP contribution < -0.4 is 0 Å². The van der Waals surface area contributed by atoms with Crippen LogP contribution in [0.5, 0.6) is 0 Å². The van der Waals surface area contributed by atoms with E-state index in [0.717, 1.165) is 13.0 Å². The van der Waals surface area contributed by atoms with Crippen molar-refractivity contribution in [3.8, 4) is 0 Å². The SMILES string of the molecule is CCCCCCCC/C=C/CCCCCCCCOCCCO. The average Bonchev–Trinajstić information content (AvgIpc) is 2.57. The van der Waals surface area contributed by atoms with Gasteiger partial charge in [0.05, 0.1) is 0 Å². The normalized spacial score (nSPS) is 11.6. The second-order valence-electron chi connectivity index (χ2n) is 6.63. The van der Waals surface area contributed by atoms with E-state index in [0.29, 0.717) is 6.61 Å². The van der Waals surface area contributed by atoms with E-state index in [9.17, 15) is 0 Å². The zero-order valence-corrected chi connectivity index (χ0v) is 15.7. The van der Waals surface area contributed by atoms with Crippen LogP contribution in [0.2, 0.25) is 0 Å². The van der Waals surface area contributed by atoms with E-state index in [2.05, 4.69) is 19.1 Å². The van der Waals surface area contributed by atoms with Crippen LogP contribution in [-0.4, -0.2) is 24.9 Å². The molecule has 0 amide bonds. The van der Waals surface area contributed by atoms with Crippen molar-refractivity contribution in [1.82, 2.24) is 0 Å². The molecule has 138 valence electrons. The first-order valence-corrected chi connectivity index (χ1v) is 10.3. The van der Waals surface area contributed by atoms with E-state index in [1.165, 1.54) is 89.9 Å². The molecule has 0 aromatic rings. The highest BCUT2D eigenvalue weighted by atomic mass is 16.5. The first-order valence-electron chi connectivity index (χ1n) is 10.3. The van der Waals surface area contributed by atoms with Crippen LogP contribution in [-0.2, 0) is 4.74 Å². The molecule has 0 bridgehead atoms. The van der Waals surface area contributed by atoms with Crippen LogP contribution in [0.4, 0.5) is 0 Å². The lowest BCUT2D eigenvalue weighted by Gasteiger charge is -2.03. The third-order valence-electron chi connectivity index (χ3n) is 4.25. The molecule has 0 saturated carbocycles. The van der Waals surface area contributed by atoms with Gasteiger partial charge in [-0.3, -0.25) is 0 Å². The number of unbranched alkanes of at least 4 members (excludes halogenated alkanes) is 12. The maximum absolute atomic E-state index is 8.63. The molecule has 0 fully saturated rings. The molecule has 0 rings (SSSR count). The summed E-state index contributed by atoms with van der Waals surface area (Å²) >= 11 is 0. The summed E-state index contributed by atoms with van der Waals surface area (Å²) in [4.78, 5) is 0. The van der Waals surface area contributed by atoms with Gasteiger partial charge in [-0.2, -0.15) is 0 Å². The van der Waals surface area contributed by atoms with Crippen LogP contribution in [0.15, 0.2) is 12.2 Å². The molecule has 0 atom stereocenters. The second kappa shape index (κ2) is 21.7. The molecular formula is C21H42O2. The molecule has 0 aromatic heterocycles. The molecule has 1 N–H and O–H groups in total. The van der Waals surface area contributed by atoms with Crippen molar-refractivity contribution in [1.29, 1.82) is 0 Å². The Labute approximate surface area is 145 Å². The quantitative estimate of drug-likeness (QED) is 0.219. The Balaban J connectivity index is 3.02. The van der Waals surface area contributed by atoms with Gasteiger partial charge >= 0.3 is 0 Å². The highest BCUT2D eigenvalue weighted by molar-refractivity contribution is 4.81. The summed E-state index contributed by atoms with van der Waals surface area (Å²) in [5.41, 5.74) is 0. The van der Waals surface area contributed by atoms with Crippen molar-refractivity contribution in [2.24, 2.45) is 0 Å². The van der Waals surface area contributed by atoms with E-state index < -0.39 is 0 Å². The second-order valence-corrected chi connectivity index (χ2v) is 6.63. The summed E-state index contributed by atoms with van der Waals surface area (Å²) in [6.45, 7) is 4.09. The molecule has 23 heavy (non-hydrogen) atoms. The molecule has 0 radical (unpaired) electrons. The highest BCUT2D eigenvalue weighted by Crippen LogP contribution is 2.09. The van der Waals surface area contributed by atoms with Crippen molar-refractivity contribution in [2.45, 2.75) is 103 Å². The molecule has 0 heterocycles. The molecule has 0 aromatic carbocycles. The van der Waals surface area contributed by atoms with Gasteiger partial charge in [0.15, 0.2) is 0 Å². The van der Waals surface area contributed by atoms with Crippen molar-refractivity contribution < 1.29 is 9.84 Å². The number of hydrogen-bond acceptors (Lipinski definition) is 2. The monoisotopic (exact) mass is 326 g/mol. The smallest absolute Gasteiger partial charge is 0.0487 e. The Hall–Kier alpha value is -0.340. The van der Waals surface area contributed by atoms with Crippen LogP contribution in [0, 0.1) is 0 Å².